The fourth-order valence-corrected chi connectivity index (χ4v) is 2.86. The number of hydrogen-bond acceptors (Lipinski definition) is 6. The van der Waals surface area contributed by atoms with Crippen molar-refractivity contribution in [3.8, 4) is 6.07 Å². The molecule has 0 saturated heterocycles. The molecule has 2 heterocycles. The van der Waals surface area contributed by atoms with Crippen LogP contribution in [0.3, 0.4) is 0 Å². The van der Waals surface area contributed by atoms with Gasteiger partial charge in [0.05, 0.1) is 15.8 Å². The van der Waals surface area contributed by atoms with Gasteiger partial charge in [-0.1, -0.05) is 35.0 Å². The Morgan fingerprint density at radius 2 is 2.24 bits per heavy atom. The molecular weight excluding hydrogens is 333 g/mol. The lowest BCUT2D eigenvalue weighted by atomic mass is 10.2. The maximum absolute atomic E-state index is 11.9. The van der Waals surface area contributed by atoms with Crippen LogP contribution >= 0.6 is 35.0 Å². The van der Waals surface area contributed by atoms with Gasteiger partial charge in [-0.05, 0) is 13.0 Å². The molecule has 0 aliphatic heterocycles. The van der Waals surface area contributed by atoms with E-state index in [9.17, 15) is 4.79 Å². The van der Waals surface area contributed by atoms with E-state index in [1.54, 1.807) is 22.7 Å². The zero-order valence-corrected chi connectivity index (χ0v) is 13.1. The minimum Gasteiger partial charge on any atom is -0.401 e. The van der Waals surface area contributed by atoms with Crippen molar-refractivity contribution in [1.29, 1.82) is 5.26 Å². The Morgan fingerprint density at radius 3 is 2.86 bits per heavy atom. The lowest BCUT2D eigenvalue weighted by Crippen LogP contribution is -2.10. The molecule has 0 spiro atoms. The van der Waals surface area contributed by atoms with E-state index in [2.05, 4.69) is 10.2 Å². The lowest BCUT2D eigenvalue weighted by molar-refractivity contribution is -0.112. The number of rotatable bonds is 4. The van der Waals surface area contributed by atoms with Crippen molar-refractivity contribution in [2.24, 2.45) is 5.73 Å². The third kappa shape index (κ3) is 3.29. The van der Waals surface area contributed by atoms with Gasteiger partial charge in [0.15, 0.2) is 16.6 Å². The third-order valence-corrected chi connectivity index (χ3v) is 3.94. The fourth-order valence-electron chi connectivity index (χ4n) is 1.57. The van der Waals surface area contributed by atoms with Crippen LogP contribution < -0.4 is 5.73 Å². The van der Waals surface area contributed by atoms with Crippen molar-refractivity contribution < 1.29 is 4.79 Å². The topological polar surface area (TPSA) is 97.1 Å². The Kier molecular flexibility index (Phi) is 4.73. The number of fused-ring (bicyclic) bond motifs is 1. The Bertz CT molecular complexity index is 789. The van der Waals surface area contributed by atoms with Crippen LogP contribution in [0.5, 0.6) is 0 Å². The third-order valence-electron chi connectivity index (χ3n) is 2.51. The van der Waals surface area contributed by atoms with E-state index < -0.39 is 0 Å². The number of pyridine rings is 1. The molecule has 0 aromatic carbocycles. The predicted octanol–water partition coefficient (Wildman–Crippen LogP) is 2.45. The molecule has 0 amide bonds. The molecule has 2 aromatic rings. The second-order valence-electron chi connectivity index (χ2n) is 4.06. The standard InChI is InChI=1S/C12H9Cl2N5OS/c1-6(16)8(3-15)10(20)5-21-12-18-17-11-9(14)2-7(13)4-19(11)12/h2,4H,5,16H2,1H3/b8-6+. The van der Waals surface area contributed by atoms with Gasteiger partial charge in [0.25, 0.3) is 0 Å². The molecule has 2 rings (SSSR count). The van der Waals surface area contributed by atoms with Gasteiger partial charge < -0.3 is 5.73 Å². The van der Waals surface area contributed by atoms with Crippen molar-refractivity contribution in [1.82, 2.24) is 14.6 Å². The SMILES string of the molecule is C/C(N)=C(/C#N)C(=O)CSc1nnc2c(Cl)cc(Cl)cn12. The first-order valence-electron chi connectivity index (χ1n) is 5.66. The van der Waals surface area contributed by atoms with E-state index in [0.29, 0.717) is 20.8 Å². The Balaban J connectivity index is 2.24. The monoisotopic (exact) mass is 341 g/mol. The van der Waals surface area contributed by atoms with Gasteiger partial charge in [0, 0.05) is 11.9 Å². The highest BCUT2D eigenvalue weighted by Crippen LogP contribution is 2.25. The minimum atomic E-state index is -0.368. The molecule has 2 N–H and O–H groups in total. The molecule has 0 aliphatic rings. The van der Waals surface area contributed by atoms with Gasteiger partial charge in [-0.25, -0.2) is 0 Å². The number of halogens is 2. The molecule has 0 bridgehead atoms. The van der Waals surface area contributed by atoms with E-state index >= 15 is 0 Å². The summed E-state index contributed by atoms with van der Waals surface area (Å²) in [6.07, 6.45) is 1.60. The minimum absolute atomic E-state index is 0.0162. The van der Waals surface area contributed by atoms with Crippen LogP contribution in [0.15, 0.2) is 28.7 Å². The first-order valence-corrected chi connectivity index (χ1v) is 7.40. The quantitative estimate of drug-likeness (QED) is 0.521. The Morgan fingerprint density at radius 1 is 1.52 bits per heavy atom. The van der Waals surface area contributed by atoms with Crippen molar-refractivity contribution in [2.75, 3.05) is 5.75 Å². The summed E-state index contributed by atoms with van der Waals surface area (Å²) in [5.74, 6) is -0.352. The summed E-state index contributed by atoms with van der Waals surface area (Å²) < 4.78 is 1.59. The first-order chi connectivity index (χ1) is 9.93. The van der Waals surface area contributed by atoms with Crippen LogP contribution in [-0.4, -0.2) is 26.1 Å². The van der Waals surface area contributed by atoms with Crippen molar-refractivity contribution in [3.05, 3.63) is 33.6 Å². The first kappa shape index (κ1) is 15.6. The largest absolute Gasteiger partial charge is 0.401 e. The van der Waals surface area contributed by atoms with Crippen LogP contribution in [0, 0.1) is 11.3 Å². The highest BCUT2D eigenvalue weighted by Gasteiger charge is 2.15. The molecule has 0 aliphatic carbocycles. The number of nitrogens with two attached hydrogens (primary N) is 1. The molecule has 0 fully saturated rings. The molecule has 0 unspecified atom stereocenters. The number of hydrogen-bond donors (Lipinski definition) is 1. The van der Waals surface area contributed by atoms with Crippen LogP contribution in [0.1, 0.15) is 6.92 Å². The number of nitrogens with zero attached hydrogens (tertiary/aromatic N) is 4. The summed E-state index contributed by atoms with van der Waals surface area (Å²) in [6.45, 7) is 1.51. The second kappa shape index (κ2) is 6.35. The second-order valence-corrected chi connectivity index (χ2v) is 5.85. The van der Waals surface area contributed by atoms with E-state index in [-0.39, 0.29) is 22.8 Å². The summed E-state index contributed by atoms with van der Waals surface area (Å²) in [7, 11) is 0. The normalized spacial score (nSPS) is 12.1. The fraction of sp³-hybridized carbons (Fsp3) is 0.167. The Hall–Kier alpha value is -1.75. The smallest absolute Gasteiger partial charge is 0.196 e. The van der Waals surface area contributed by atoms with Crippen LogP contribution in [-0.2, 0) is 4.79 Å². The summed E-state index contributed by atoms with van der Waals surface area (Å²) in [5.41, 5.74) is 6.08. The predicted molar refractivity (Wildman–Crippen MR) is 81.2 cm³/mol. The Labute approximate surface area is 134 Å². The van der Waals surface area contributed by atoms with Crippen molar-refractivity contribution in [3.63, 3.8) is 0 Å². The number of thioether (sulfide) groups is 1. The highest BCUT2D eigenvalue weighted by atomic mass is 35.5. The van der Waals surface area contributed by atoms with Gasteiger partial charge in [-0.15, -0.1) is 10.2 Å². The van der Waals surface area contributed by atoms with Gasteiger partial charge in [-0.3, -0.25) is 9.20 Å². The van der Waals surface area contributed by atoms with Crippen molar-refractivity contribution >= 4 is 46.4 Å². The zero-order chi connectivity index (χ0) is 15.6. The summed E-state index contributed by atoms with van der Waals surface area (Å²) in [4.78, 5) is 11.9. The maximum Gasteiger partial charge on any atom is 0.196 e. The molecular formula is C12H9Cl2N5OS. The molecule has 9 heteroatoms. The van der Waals surface area contributed by atoms with Gasteiger partial charge >= 0.3 is 0 Å². The van der Waals surface area contributed by atoms with Crippen LogP contribution in [0.2, 0.25) is 10.0 Å². The average Bonchev–Trinajstić information content (AvgIpc) is 2.80. The number of carbonyl (C=O) groups is 1. The van der Waals surface area contributed by atoms with Gasteiger partial charge in [0.1, 0.15) is 11.6 Å². The van der Waals surface area contributed by atoms with Crippen LogP contribution in [0.25, 0.3) is 5.65 Å². The lowest BCUT2D eigenvalue weighted by Gasteiger charge is -2.02. The van der Waals surface area contributed by atoms with Gasteiger partial charge in [-0.2, -0.15) is 5.26 Å². The van der Waals surface area contributed by atoms with Crippen LogP contribution in [0.4, 0.5) is 0 Å². The molecule has 0 saturated carbocycles. The van der Waals surface area contributed by atoms with E-state index in [4.69, 9.17) is 34.2 Å². The molecule has 0 atom stereocenters. The molecule has 0 radical (unpaired) electrons. The van der Waals surface area contributed by atoms with Crippen molar-refractivity contribution in [2.45, 2.75) is 12.1 Å². The molecule has 2 aromatic heterocycles. The number of carbonyl (C=O) groups excluding carboxylic acids is 1. The number of nitriles is 1. The number of allylic oxidation sites excluding steroid dienone is 2. The molecule has 6 nitrogen and oxygen atoms in total. The van der Waals surface area contributed by atoms with E-state index in [1.807, 2.05) is 0 Å². The number of aromatic nitrogens is 3. The maximum atomic E-state index is 11.9. The molecule has 21 heavy (non-hydrogen) atoms. The number of ketones is 1. The highest BCUT2D eigenvalue weighted by molar-refractivity contribution is 7.99. The van der Waals surface area contributed by atoms with E-state index in [1.165, 1.54) is 6.92 Å². The summed E-state index contributed by atoms with van der Waals surface area (Å²) in [5, 5.41) is 18.0. The molecule has 108 valence electrons. The average molecular weight is 342 g/mol. The van der Waals surface area contributed by atoms with E-state index in [0.717, 1.165) is 11.8 Å². The summed E-state index contributed by atoms with van der Waals surface area (Å²) in [6, 6.07) is 3.35. The zero-order valence-electron chi connectivity index (χ0n) is 10.8. The van der Waals surface area contributed by atoms with Gasteiger partial charge in [0.2, 0.25) is 0 Å². The number of Topliss-reactive ketones (excluding diaryl/α,β-unsaturated/α-hetero) is 1. The summed E-state index contributed by atoms with van der Waals surface area (Å²) >= 11 is 13.1.